The van der Waals surface area contributed by atoms with Crippen LogP contribution in [-0.2, 0) is 4.74 Å². The molecule has 1 amide bonds. The maximum atomic E-state index is 14.2. The quantitative estimate of drug-likeness (QED) is 0.375. The van der Waals surface area contributed by atoms with Crippen molar-refractivity contribution in [2.75, 3.05) is 30.9 Å². The third kappa shape index (κ3) is 3.66. The molecule has 4 aromatic rings. The highest BCUT2D eigenvalue weighted by Gasteiger charge is 2.50. The lowest BCUT2D eigenvalue weighted by Gasteiger charge is -2.53. The normalized spacial score (nSPS) is 16.4. The lowest BCUT2D eigenvalue weighted by atomic mass is 9.64. The predicted molar refractivity (Wildman–Crippen MR) is 129 cm³/mol. The van der Waals surface area contributed by atoms with Gasteiger partial charge in [-0.25, -0.2) is 14.4 Å². The minimum absolute atomic E-state index is 0.0937. The van der Waals surface area contributed by atoms with Gasteiger partial charge in [0.05, 0.1) is 19.4 Å². The molecule has 0 unspecified atom stereocenters. The highest BCUT2D eigenvalue weighted by Crippen LogP contribution is 2.46. The third-order valence-corrected chi connectivity index (χ3v) is 6.66. The molecule has 0 bridgehead atoms. The van der Waals surface area contributed by atoms with Crippen LogP contribution in [0.5, 0.6) is 0 Å². The number of pyridine rings is 2. The largest absolute Gasteiger partial charge is 0.380 e. The van der Waals surface area contributed by atoms with Crippen molar-refractivity contribution in [3.8, 4) is 5.82 Å². The van der Waals surface area contributed by atoms with Crippen LogP contribution in [0.2, 0.25) is 0 Å². The topological polar surface area (TPSA) is 127 Å². The number of ether oxygens (including phenoxy) is 1. The smallest absolute Gasteiger partial charge is 0.280 e. The molecule has 1 aliphatic carbocycles. The van der Waals surface area contributed by atoms with Crippen LogP contribution in [0, 0.1) is 11.2 Å². The van der Waals surface area contributed by atoms with Gasteiger partial charge in [0.15, 0.2) is 17.3 Å². The molecule has 6 rings (SSSR count). The average molecular weight is 490 g/mol. The van der Waals surface area contributed by atoms with E-state index in [-0.39, 0.29) is 28.9 Å². The Morgan fingerprint density at radius 1 is 1.25 bits per heavy atom. The Balaban J connectivity index is 1.30. The van der Waals surface area contributed by atoms with Crippen LogP contribution in [0.15, 0.2) is 53.7 Å². The number of hydrogen-bond donors (Lipinski definition) is 3. The van der Waals surface area contributed by atoms with Crippen molar-refractivity contribution in [3.63, 3.8) is 0 Å². The van der Waals surface area contributed by atoms with E-state index < -0.39 is 11.4 Å². The molecule has 1 spiro atoms. The van der Waals surface area contributed by atoms with Gasteiger partial charge < -0.3 is 20.7 Å². The number of carbonyl (C=O) groups excluding carboxylic acids is 1. The summed E-state index contributed by atoms with van der Waals surface area (Å²) in [5.41, 5.74) is 0.536. The summed E-state index contributed by atoms with van der Waals surface area (Å²) in [7, 11) is 1.72. The molecule has 3 N–H and O–H groups in total. The average Bonchev–Trinajstić information content (AvgIpc) is 3.25. The number of aromatic nitrogens is 5. The minimum Gasteiger partial charge on any atom is -0.380 e. The van der Waals surface area contributed by atoms with Gasteiger partial charge in [0.2, 0.25) is 0 Å². The number of halogens is 1. The molecule has 5 heterocycles. The Hall–Kier alpha value is -4.32. The summed E-state index contributed by atoms with van der Waals surface area (Å²) >= 11 is 0. The molecular weight excluding hydrogens is 467 g/mol. The van der Waals surface area contributed by atoms with E-state index in [9.17, 15) is 14.0 Å². The second-order valence-electron chi connectivity index (χ2n) is 9.17. The van der Waals surface area contributed by atoms with Gasteiger partial charge in [0.25, 0.3) is 11.5 Å². The SMILES string of the molecule is CNc1cc(Nc2cccn(-c3ncccc3F)c2=O)nc2c(C(=O)NC3CC4(COC4)C3)cnn12. The Bertz CT molecular complexity index is 1540. The molecule has 0 atom stereocenters. The number of fused-ring (bicyclic) bond motifs is 1. The van der Waals surface area contributed by atoms with Crippen molar-refractivity contribution in [3.05, 3.63) is 70.7 Å². The van der Waals surface area contributed by atoms with Gasteiger partial charge in [-0.15, -0.1) is 0 Å². The molecular formula is C24H23FN8O3. The standard InChI is InChI=1S/C24H23FN8O3/c1-26-19-8-18(30-17-5-3-7-32(23(17)35)21-16(25)4-2-6-27-21)31-20-15(11-28-33(19)20)22(34)29-14-9-24(10-14)12-36-13-24/h2-8,11,14,26H,9-10,12-13H2,1H3,(H,29,34)(H,30,31). The van der Waals surface area contributed by atoms with E-state index in [2.05, 4.69) is 31.0 Å². The monoisotopic (exact) mass is 490 g/mol. The predicted octanol–water partition coefficient (Wildman–Crippen LogP) is 2.11. The maximum Gasteiger partial charge on any atom is 0.280 e. The fourth-order valence-corrected chi connectivity index (χ4v) is 4.79. The van der Waals surface area contributed by atoms with E-state index >= 15 is 0 Å². The second kappa shape index (κ2) is 8.41. The summed E-state index contributed by atoms with van der Waals surface area (Å²) < 4.78 is 22.2. The van der Waals surface area contributed by atoms with E-state index in [1.54, 1.807) is 25.2 Å². The van der Waals surface area contributed by atoms with Crippen molar-refractivity contribution in [2.24, 2.45) is 5.41 Å². The fourth-order valence-electron chi connectivity index (χ4n) is 4.79. The van der Waals surface area contributed by atoms with Gasteiger partial charge in [-0.1, -0.05) is 0 Å². The molecule has 184 valence electrons. The Morgan fingerprint density at radius 2 is 2.08 bits per heavy atom. The van der Waals surface area contributed by atoms with E-state index in [0.717, 1.165) is 30.6 Å². The van der Waals surface area contributed by atoms with Crippen LogP contribution in [0.4, 0.5) is 21.7 Å². The zero-order chi connectivity index (χ0) is 24.9. The summed E-state index contributed by atoms with van der Waals surface area (Å²) in [6, 6.07) is 7.60. The first kappa shape index (κ1) is 22.2. The van der Waals surface area contributed by atoms with Gasteiger partial charge in [-0.05, 0) is 37.1 Å². The van der Waals surface area contributed by atoms with E-state index in [0.29, 0.717) is 22.8 Å². The Kier molecular flexibility index (Phi) is 5.18. The molecule has 1 saturated heterocycles. The van der Waals surface area contributed by atoms with Gasteiger partial charge in [-0.2, -0.15) is 9.61 Å². The number of hydrogen-bond acceptors (Lipinski definition) is 8. The molecule has 2 aliphatic rings. The lowest BCUT2D eigenvalue weighted by Crippen LogP contribution is -2.59. The maximum absolute atomic E-state index is 14.2. The van der Waals surface area contributed by atoms with Crippen LogP contribution < -0.4 is 21.5 Å². The highest BCUT2D eigenvalue weighted by molar-refractivity contribution is 6.00. The van der Waals surface area contributed by atoms with E-state index in [1.807, 2.05) is 0 Å². The number of nitrogens with one attached hydrogen (secondary N) is 3. The second-order valence-corrected chi connectivity index (χ2v) is 9.17. The summed E-state index contributed by atoms with van der Waals surface area (Å²) in [5, 5.41) is 13.4. The third-order valence-electron chi connectivity index (χ3n) is 6.66. The molecule has 12 heteroatoms. The van der Waals surface area contributed by atoms with Gasteiger partial charge >= 0.3 is 0 Å². The van der Waals surface area contributed by atoms with Crippen molar-refractivity contribution in [1.29, 1.82) is 0 Å². The first-order valence-corrected chi connectivity index (χ1v) is 11.5. The summed E-state index contributed by atoms with van der Waals surface area (Å²) in [5.74, 6) is -0.114. The molecule has 0 aromatic carbocycles. The van der Waals surface area contributed by atoms with Crippen LogP contribution in [0.3, 0.4) is 0 Å². The Labute approximate surface area is 204 Å². The number of anilines is 3. The Morgan fingerprint density at radius 3 is 2.81 bits per heavy atom. The molecule has 36 heavy (non-hydrogen) atoms. The van der Waals surface area contributed by atoms with E-state index in [4.69, 9.17) is 4.74 Å². The number of amides is 1. The molecule has 1 saturated carbocycles. The van der Waals surface area contributed by atoms with Crippen LogP contribution in [-0.4, -0.2) is 56.4 Å². The first-order valence-electron chi connectivity index (χ1n) is 11.5. The minimum atomic E-state index is -0.620. The fraction of sp³-hybridized carbons (Fsp3) is 0.292. The molecule has 0 radical (unpaired) electrons. The molecule has 2 fully saturated rings. The summed E-state index contributed by atoms with van der Waals surface area (Å²) in [6.45, 7) is 1.51. The number of rotatable bonds is 6. The van der Waals surface area contributed by atoms with Crippen molar-refractivity contribution in [1.82, 2.24) is 29.5 Å². The number of carbonyl (C=O) groups is 1. The summed E-state index contributed by atoms with van der Waals surface area (Å²) in [4.78, 5) is 34.6. The zero-order valence-electron chi connectivity index (χ0n) is 19.4. The highest BCUT2D eigenvalue weighted by atomic mass is 19.1. The van der Waals surface area contributed by atoms with Gasteiger partial charge in [0, 0.05) is 37.0 Å². The summed E-state index contributed by atoms with van der Waals surface area (Å²) in [6.07, 6.45) is 6.13. The van der Waals surface area contributed by atoms with E-state index in [1.165, 1.54) is 35.2 Å². The molecule has 1 aliphatic heterocycles. The van der Waals surface area contributed by atoms with Crippen molar-refractivity contribution < 1.29 is 13.9 Å². The van der Waals surface area contributed by atoms with Crippen molar-refractivity contribution >= 4 is 28.9 Å². The molecule has 11 nitrogen and oxygen atoms in total. The zero-order valence-corrected chi connectivity index (χ0v) is 19.4. The van der Waals surface area contributed by atoms with Crippen LogP contribution >= 0.6 is 0 Å². The van der Waals surface area contributed by atoms with Crippen LogP contribution in [0.1, 0.15) is 23.2 Å². The van der Waals surface area contributed by atoms with Gasteiger partial charge in [0.1, 0.15) is 22.9 Å². The first-order chi connectivity index (χ1) is 17.5. The number of nitrogens with zero attached hydrogens (tertiary/aromatic N) is 5. The lowest BCUT2D eigenvalue weighted by molar-refractivity contribution is -0.165. The van der Waals surface area contributed by atoms with Gasteiger partial charge in [-0.3, -0.25) is 14.2 Å². The van der Waals surface area contributed by atoms with Crippen LogP contribution in [0.25, 0.3) is 11.5 Å². The van der Waals surface area contributed by atoms with Crippen molar-refractivity contribution in [2.45, 2.75) is 18.9 Å². The molecule has 4 aromatic heterocycles.